The number of hydrogen-bond donors (Lipinski definition) is 3. The predicted molar refractivity (Wildman–Crippen MR) is 214 cm³/mol. The Bertz CT molecular complexity index is 1030. The minimum atomic E-state index is -4.62. The number of carbonyl (C=O) groups is 2. The van der Waals surface area contributed by atoms with E-state index in [9.17, 15) is 24.2 Å². The van der Waals surface area contributed by atoms with Gasteiger partial charge in [0.05, 0.1) is 19.8 Å². The molecule has 0 saturated carbocycles. The second-order valence-electron chi connectivity index (χ2n) is 13.6. The van der Waals surface area contributed by atoms with Crippen LogP contribution in [0.25, 0.3) is 0 Å². The standard InChI is InChI=1S/C42H75O10P/c1-3-5-7-9-11-13-15-17-18-19-20-22-24-26-28-30-32-34-42(46)52-40(38-51-53(47,48)50-36-39(44)35-43)37-49-41(45)33-31-29-27-25-23-21-16-14-12-10-8-6-4-2/h5,7,11,13-14,16-18,39-40,43-44H,3-4,6,8-10,12,15,19-38H2,1-2H3,(H,47,48)/b7-5-,13-11-,16-14-,18-17-. The van der Waals surface area contributed by atoms with Gasteiger partial charge >= 0.3 is 19.8 Å². The molecule has 0 aliphatic carbocycles. The lowest BCUT2D eigenvalue weighted by Gasteiger charge is -2.20. The van der Waals surface area contributed by atoms with Crippen molar-refractivity contribution in [2.75, 3.05) is 26.4 Å². The summed E-state index contributed by atoms with van der Waals surface area (Å²) >= 11 is 0. The summed E-state index contributed by atoms with van der Waals surface area (Å²) in [5.41, 5.74) is 0. The molecule has 0 radical (unpaired) electrons. The summed E-state index contributed by atoms with van der Waals surface area (Å²) in [5, 5.41) is 18.3. The van der Waals surface area contributed by atoms with Gasteiger partial charge in [0.1, 0.15) is 12.7 Å². The number of esters is 2. The zero-order valence-corrected chi connectivity index (χ0v) is 34.1. The summed E-state index contributed by atoms with van der Waals surface area (Å²) in [6.07, 6.45) is 39.3. The lowest BCUT2D eigenvalue weighted by molar-refractivity contribution is -0.161. The second-order valence-corrected chi connectivity index (χ2v) is 15.1. The number of aliphatic hydroxyl groups excluding tert-OH is 2. The smallest absolute Gasteiger partial charge is 0.462 e. The minimum absolute atomic E-state index is 0.170. The topological polar surface area (TPSA) is 149 Å². The first-order chi connectivity index (χ1) is 25.7. The highest BCUT2D eigenvalue weighted by Gasteiger charge is 2.27. The Morgan fingerprint density at radius 2 is 1.04 bits per heavy atom. The summed E-state index contributed by atoms with van der Waals surface area (Å²) in [5.74, 6) is -0.949. The number of hydrogen-bond acceptors (Lipinski definition) is 9. The molecule has 11 heteroatoms. The van der Waals surface area contributed by atoms with Crippen LogP contribution in [0.1, 0.15) is 168 Å². The molecule has 0 fully saturated rings. The summed E-state index contributed by atoms with van der Waals surface area (Å²) in [4.78, 5) is 34.9. The van der Waals surface area contributed by atoms with Gasteiger partial charge in [-0.05, 0) is 70.6 Å². The molecule has 3 N–H and O–H groups in total. The third-order valence-electron chi connectivity index (χ3n) is 8.47. The predicted octanol–water partition coefficient (Wildman–Crippen LogP) is 10.6. The van der Waals surface area contributed by atoms with E-state index in [0.717, 1.165) is 89.9 Å². The van der Waals surface area contributed by atoms with E-state index < -0.39 is 51.8 Å². The summed E-state index contributed by atoms with van der Waals surface area (Å²) in [6.45, 7) is 2.22. The zero-order valence-electron chi connectivity index (χ0n) is 33.2. The molecule has 0 saturated heterocycles. The number of unbranched alkanes of at least 4 members (excludes halogenated alkanes) is 16. The first kappa shape index (κ1) is 50.9. The van der Waals surface area contributed by atoms with Crippen molar-refractivity contribution < 1.29 is 47.8 Å². The molecule has 0 aliphatic rings. The number of carbonyl (C=O) groups excluding carboxylic acids is 2. The van der Waals surface area contributed by atoms with E-state index in [1.807, 2.05) is 0 Å². The van der Waals surface area contributed by atoms with E-state index >= 15 is 0 Å². The van der Waals surface area contributed by atoms with Crippen LogP contribution in [0.2, 0.25) is 0 Å². The number of aliphatic hydroxyl groups is 2. The van der Waals surface area contributed by atoms with E-state index in [-0.39, 0.29) is 19.4 Å². The summed E-state index contributed by atoms with van der Waals surface area (Å²) in [7, 11) is -4.62. The van der Waals surface area contributed by atoms with E-state index in [0.29, 0.717) is 12.8 Å². The Morgan fingerprint density at radius 3 is 1.58 bits per heavy atom. The Morgan fingerprint density at radius 1 is 0.585 bits per heavy atom. The first-order valence-electron chi connectivity index (χ1n) is 20.6. The van der Waals surface area contributed by atoms with Gasteiger partial charge in [0.15, 0.2) is 6.10 Å². The van der Waals surface area contributed by atoms with Crippen LogP contribution in [-0.2, 0) is 32.7 Å². The quantitative estimate of drug-likeness (QED) is 0.0240. The van der Waals surface area contributed by atoms with Crippen LogP contribution in [0.4, 0.5) is 0 Å². The number of ether oxygens (including phenoxy) is 2. The van der Waals surface area contributed by atoms with Crippen LogP contribution in [-0.4, -0.2) is 65.7 Å². The molecule has 0 aromatic carbocycles. The van der Waals surface area contributed by atoms with E-state index in [4.69, 9.17) is 19.1 Å². The van der Waals surface area contributed by atoms with Crippen LogP contribution in [0, 0.1) is 0 Å². The van der Waals surface area contributed by atoms with Gasteiger partial charge in [0, 0.05) is 12.8 Å². The largest absolute Gasteiger partial charge is 0.472 e. The van der Waals surface area contributed by atoms with Gasteiger partial charge in [-0.2, -0.15) is 0 Å². The third kappa shape index (κ3) is 38.0. The van der Waals surface area contributed by atoms with Gasteiger partial charge in [-0.25, -0.2) is 4.57 Å². The number of rotatable bonds is 38. The molecule has 0 amide bonds. The normalized spacial score (nSPS) is 14.4. The molecule has 3 atom stereocenters. The highest BCUT2D eigenvalue weighted by Crippen LogP contribution is 2.43. The van der Waals surface area contributed by atoms with Crippen molar-refractivity contribution >= 4 is 19.8 Å². The Hall–Kier alpha value is -2.07. The van der Waals surface area contributed by atoms with Crippen molar-refractivity contribution in [1.29, 1.82) is 0 Å². The van der Waals surface area contributed by atoms with Crippen LogP contribution in [0.5, 0.6) is 0 Å². The van der Waals surface area contributed by atoms with Crippen molar-refractivity contribution in [3.05, 3.63) is 48.6 Å². The number of phosphoric ester groups is 1. The highest BCUT2D eigenvalue weighted by molar-refractivity contribution is 7.47. The number of phosphoric acid groups is 1. The summed E-state index contributed by atoms with van der Waals surface area (Å²) in [6, 6.07) is 0. The van der Waals surface area contributed by atoms with Crippen molar-refractivity contribution in [1.82, 2.24) is 0 Å². The lowest BCUT2D eigenvalue weighted by Crippen LogP contribution is -2.29. The molecule has 0 rings (SSSR count). The third-order valence-corrected chi connectivity index (χ3v) is 9.42. The molecule has 0 bridgehead atoms. The SMILES string of the molecule is CC/C=C\C/C=C\C/C=C\CCCCCCCCCC(=O)OC(COC(=O)CCCCCCC/C=C\CCCCCC)COP(=O)(O)OCC(O)CO. The van der Waals surface area contributed by atoms with Gasteiger partial charge in [-0.1, -0.05) is 133 Å². The fraction of sp³-hybridized carbons (Fsp3) is 0.762. The molecule has 0 aromatic rings. The maximum atomic E-state index is 12.6. The van der Waals surface area contributed by atoms with Gasteiger partial charge in [0.2, 0.25) is 0 Å². The lowest BCUT2D eigenvalue weighted by atomic mass is 10.1. The molecule has 0 heterocycles. The molecule has 308 valence electrons. The average Bonchev–Trinajstić information content (AvgIpc) is 3.14. The summed E-state index contributed by atoms with van der Waals surface area (Å²) < 4.78 is 32.6. The molecule has 0 aliphatic heterocycles. The molecular formula is C42H75O10P. The van der Waals surface area contributed by atoms with Gasteiger partial charge in [-0.15, -0.1) is 0 Å². The highest BCUT2D eigenvalue weighted by atomic mass is 31.2. The van der Waals surface area contributed by atoms with E-state index in [1.165, 1.54) is 38.5 Å². The van der Waals surface area contributed by atoms with Crippen molar-refractivity contribution in [3.8, 4) is 0 Å². The zero-order chi connectivity index (χ0) is 39.1. The molecule has 0 spiro atoms. The van der Waals surface area contributed by atoms with Crippen molar-refractivity contribution in [3.63, 3.8) is 0 Å². The molecule has 10 nitrogen and oxygen atoms in total. The molecule has 0 aromatic heterocycles. The molecule has 3 unspecified atom stereocenters. The fourth-order valence-electron chi connectivity index (χ4n) is 5.30. The van der Waals surface area contributed by atoms with E-state index in [1.54, 1.807) is 0 Å². The van der Waals surface area contributed by atoms with Crippen molar-refractivity contribution in [2.45, 2.75) is 180 Å². The van der Waals surface area contributed by atoms with Gasteiger partial charge in [0.25, 0.3) is 0 Å². The van der Waals surface area contributed by atoms with Crippen LogP contribution in [0.15, 0.2) is 48.6 Å². The van der Waals surface area contributed by atoms with Crippen LogP contribution >= 0.6 is 7.82 Å². The van der Waals surface area contributed by atoms with Crippen LogP contribution < -0.4 is 0 Å². The minimum Gasteiger partial charge on any atom is -0.462 e. The van der Waals surface area contributed by atoms with Gasteiger partial charge < -0.3 is 24.6 Å². The second kappa shape index (κ2) is 38.2. The monoisotopic (exact) mass is 771 g/mol. The fourth-order valence-corrected chi connectivity index (χ4v) is 6.08. The molecule has 53 heavy (non-hydrogen) atoms. The number of allylic oxidation sites excluding steroid dienone is 8. The van der Waals surface area contributed by atoms with E-state index in [2.05, 4.69) is 67.0 Å². The van der Waals surface area contributed by atoms with Crippen LogP contribution in [0.3, 0.4) is 0 Å². The van der Waals surface area contributed by atoms with Crippen molar-refractivity contribution in [2.24, 2.45) is 0 Å². The van der Waals surface area contributed by atoms with Gasteiger partial charge in [-0.3, -0.25) is 18.6 Å². The maximum absolute atomic E-state index is 12.6. The first-order valence-corrected chi connectivity index (χ1v) is 22.1. The average molecular weight is 771 g/mol. The maximum Gasteiger partial charge on any atom is 0.472 e. The Labute approximate surface area is 322 Å². The Kier molecular flexibility index (Phi) is 36.7. The Balaban J connectivity index is 4.35. The molecular weight excluding hydrogens is 695 g/mol.